The molecule has 0 aliphatic rings. The lowest BCUT2D eigenvalue weighted by Gasteiger charge is -2.12. The van der Waals surface area contributed by atoms with Crippen LogP contribution in [0.2, 0.25) is 0 Å². The lowest BCUT2D eigenvalue weighted by Crippen LogP contribution is -2.26. The van der Waals surface area contributed by atoms with Gasteiger partial charge in [-0.1, -0.05) is 6.07 Å². The highest BCUT2D eigenvalue weighted by Gasteiger charge is 2.17. The molecule has 106 valence electrons. The molecule has 1 aromatic carbocycles. The highest BCUT2D eigenvalue weighted by atomic mass is 32.1. The summed E-state index contributed by atoms with van der Waals surface area (Å²) in [4.78, 5) is 12.3. The molecule has 1 amide bonds. The second kappa shape index (κ2) is 6.96. The molecule has 1 aromatic heterocycles. The van der Waals surface area contributed by atoms with Gasteiger partial charge in [0.15, 0.2) is 0 Å². The van der Waals surface area contributed by atoms with Crippen molar-refractivity contribution >= 4 is 17.2 Å². The van der Waals surface area contributed by atoms with Crippen LogP contribution >= 0.6 is 11.3 Å². The fourth-order valence-corrected chi connectivity index (χ4v) is 2.62. The van der Waals surface area contributed by atoms with Crippen LogP contribution in [0.3, 0.4) is 0 Å². The molecule has 1 N–H and O–H groups in total. The van der Waals surface area contributed by atoms with Crippen molar-refractivity contribution in [2.75, 3.05) is 20.8 Å². The Hall–Kier alpha value is -2.01. The SMILES string of the molecule is COc1cccc(OC)c1C(=O)NCCc1ccsc1. The highest BCUT2D eigenvalue weighted by molar-refractivity contribution is 7.07. The third kappa shape index (κ3) is 3.30. The summed E-state index contributed by atoms with van der Waals surface area (Å²) in [5.74, 6) is 0.837. The molecule has 0 aliphatic carbocycles. The van der Waals surface area contributed by atoms with Crippen LogP contribution in [-0.2, 0) is 6.42 Å². The molecule has 0 saturated heterocycles. The van der Waals surface area contributed by atoms with Gasteiger partial charge in [-0.05, 0) is 40.9 Å². The zero-order valence-corrected chi connectivity index (χ0v) is 12.3. The molecule has 0 atom stereocenters. The molecular formula is C15H17NO3S. The van der Waals surface area contributed by atoms with Crippen LogP contribution in [0.15, 0.2) is 35.0 Å². The Morgan fingerprint density at radius 3 is 2.45 bits per heavy atom. The van der Waals surface area contributed by atoms with Crippen molar-refractivity contribution in [3.05, 3.63) is 46.2 Å². The number of hydrogen-bond donors (Lipinski definition) is 1. The Labute approximate surface area is 122 Å². The second-order valence-electron chi connectivity index (χ2n) is 4.18. The monoisotopic (exact) mass is 291 g/mol. The first-order valence-electron chi connectivity index (χ1n) is 6.26. The Morgan fingerprint density at radius 1 is 1.20 bits per heavy atom. The van der Waals surface area contributed by atoms with Crippen molar-refractivity contribution < 1.29 is 14.3 Å². The number of ether oxygens (including phenoxy) is 2. The predicted molar refractivity (Wildman–Crippen MR) is 79.9 cm³/mol. The largest absolute Gasteiger partial charge is 0.496 e. The molecule has 2 aromatic rings. The minimum atomic E-state index is -0.186. The van der Waals surface area contributed by atoms with E-state index in [0.717, 1.165) is 6.42 Å². The van der Waals surface area contributed by atoms with Crippen molar-refractivity contribution in [2.45, 2.75) is 6.42 Å². The Morgan fingerprint density at radius 2 is 1.90 bits per heavy atom. The highest BCUT2D eigenvalue weighted by Crippen LogP contribution is 2.27. The summed E-state index contributed by atoms with van der Waals surface area (Å²) >= 11 is 1.65. The summed E-state index contributed by atoms with van der Waals surface area (Å²) in [6, 6.07) is 7.34. The van der Waals surface area contributed by atoms with Gasteiger partial charge in [0.25, 0.3) is 5.91 Å². The Balaban J connectivity index is 2.04. The standard InChI is InChI=1S/C15H17NO3S/c1-18-12-4-3-5-13(19-2)14(12)15(17)16-8-6-11-7-9-20-10-11/h3-5,7,9-10H,6,8H2,1-2H3,(H,16,17). The van der Waals surface area contributed by atoms with Gasteiger partial charge >= 0.3 is 0 Å². The van der Waals surface area contributed by atoms with Crippen molar-refractivity contribution in [1.82, 2.24) is 5.32 Å². The van der Waals surface area contributed by atoms with Crippen LogP contribution in [0.5, 0.6) is 11.5 Å². The van der Waals surface area contributed by atoms with Crippen LogP contribution in [0.4, 0.5) is 0 Å². The van der Waals surface area contributed by atoms with Crippen molar-refractivity contribution in [3.63, 3.8) is 0 Å². The smallest absolute Gasteiger partial charge is 0.258 e. The van der Waals surface area contributed by atoms with Crippen LogP contribution < -0.4 is 14.8 Å². The maximum absolute atomic E-state index is 12.3. The quantitative estimate of drug-likeness (QED) is 0.890. The molecule has 5 heteroatoms. The van der Waals surface area contributed by atoms with Gasteiger partial charge in [0, 0.05) is 6.54 Å². The molecule has 0 unspecified atom stereocenters. The molecule has 4 nitrogen and oxygen atoms in total. The molecule has 2 rings (SSSR count). The Kier molecular flexibility index (Phi) is 5.01. The van der Waals surface area contributed by atoms with Gasteiger partial charge < -0.3 is 14.8 Å². The van der Waals surface area contributed by atoms with E-state index in [1.54, 1.807) is 29.5 Å². The first kappa shape index (κ1) is 14.4. The number of thiophene rings is 1. The molecule has 0 bridgehead atoms. The van der Waals surface area contributed by atoms with Crippen LogP contribution in [0, 0.1) is 0 Å². The van der Waals surface area contributed by atoms with Gasteiger partial charge in [0.2, 0.25) is 0 Å². The number of amides is 1. The van der Waals surface area contributed by atoms with Gasteiger partial charge in [-0.2, -0.15) is 11.3 Å². The maximum atomic E-state index is 12.3. The summed E-state index contributed by atoms with van der Waals surface area (Å²) < 4.78 is 10.4. The van der Waals surface area contributed by atoms with E-state index >= 15 is 0 Å². The lowest BCUT2D eigenvalue weighted by atomic mass is 10.1. The topological polar surface area (TPSA) is 47.6 Å². The van der Waals surface area contributed by atoms with E-state index in [9.17, 15) is 4.79 Å². The van der Waals surface area contributed by atoms with E-state index < -0.39 is 0 Å². The number of carbonyl (C=O) groups is 1. The van der Waals surface area contributed by atoms with Gasteiger partial charge in [0.1, 0.15) is 17.1 Å². The average molecular weight is 291 g/mol. The molecule has 0 fully saturated rings. The van der Waals surface area contributed by atoms with Gasteiger partial charge in [-0.3, -0.25) is 4.79 Å². The summed E-state index contributed by atoms with van der Waals surface area (Å²) in [6.07, 6.45) is 0.812. The fourth-order valence-electron chi connectivity index (χ4n) is 1.92. The summed E-state index contributed by atoms with van der Waals surface area (Å²) in [7, 11) is 3.08. The van der Waals surface area contributed by atoms with Crippen LogP contribution in [-0.4, -0.2) is 26.7 Å². The molecule has 0 radical (unpaired) electrons. The summed E-state index contributed by atoms with van der Waals surface area (Å²) in [6.45, 7) is 0.580. The number of methoxy groups -OCH3 is 2. The lowest BCUT2D eigenvalue weighted by molar-refractivity contribution is 0.0948. The van der Waals surface area contributed by atoms with Crippen LogP contribution in [0.25, 0.3) is 0 Å². The number of rotatable bonds is 6. The van der Waals surface area contributed by atoms with E-state index in [-0.39, 0.29) is 5.91 Å². The molecule has 0 aliphatic heterocycles. The van der Waals surface area contributed by atoms with Gasteiger partial charge in [-0.25, -0.2) is 0 Å². The first-order chi connectivity index (χ1) is 9.76. The van der Waals surface area contributed by atoms with E-state index in [1.165, 1.54) is 19.8 Å². The zero-order valence-electron chi connectivity index (χ0n) is 11.5. The van der Waals surface area contributed by atoms with Crippen LogP contribution in [0.1, 0.15) is 15.9 Å². The summed E-state index contributed by atoms with van der Waals surface area (Å²) in [5, 5.41) is 7.00. The number of hydrogen-bond acceptors (Lipinski definition) is 4. The van der Waals surface area contributed by atoms with E-state index in [0.29, 0.717) is 23.6 Å². The normalized spacial score (nSPS) is 10.1. The third-order valence-electron chi connectivity index (χ3n) is 2.93. The van der Waals surface area contributed by atoms with E-state index in [2.05, 4.69) is 16.8 Å². The minimum absolute atomic E-state index is 0.186. The predicted octanol–water partition coefficient (Wildman–Crippen LogP) is 2.74. The minimum Gasteiger partial charge on any atom is -0.496 e. The van der Waals surface area contributed by atoms with E-state index in [1.807, 2.05) is 5.38 Å². The summed E-state index contributed by atoms with van der Waals surface area (Å²) in [5.41, 5.74) is 1.66. The fraction of sp³-hybridized carbons (Fsp3) is 0.267. The molecular weight excluding hydrogens is 274 g/mol. The molecule has 0 saturated carbocycles. The average Bonchev–Trinajstić information content (AvgIpc) is 2.99. The van der Waals surface area contributed by atoms with Gasteiger partial charge in [-0.15, -0.1) is 0 Å². The zero-order chi connectivity index (χ0) is 14.4. The van der Waals surface area contributed by atoms with Crippen molar-refractivity contribution in [2.24, 2.45) is 0 Å². The second-order valence-corrected chi connectivity index (χ2v) is 4.96. The maximum Gasteiger partial charge on any atom is 0.258 e. The van der Waals surface area contributed by atoms with Crippen molar-refractivity contribution in [1.29, 1.82) is 0 Å². The van der Waals surface area contributed by atoms with Gasteiger partial charge in [0.05, 0.1) is 14.2 Å². The third-order valence-corrected chi connectivity index (χ3v) is 3.67. The number of carbonyl (C=O) groups excluding carboxylic acids is 1. The van der Waals surface area contributed by atoms with E-state index in [4.69, 9.17) is 9.47 Å². The Bertz CT molecular complexity index is 544. The number of benzene rings is 1. The van der Waals surface area contributed by atoms with Crippen molar-refractivity contribution in [3.8, 4) is 11.5 Å². The molecule has 0 spiro atoms. The number of nitrogens with one attached hydrogen (secondary N) is 1. The molecule has 1 heterocycles. The molecule has 20 heavy (non-hydrogen) atoms. The first-order valence-corrected chi connectivity index (χ1v) is 7.20.